The molecule has 4 atom stereocenters. The zero-order valence-corrected chi connectivity index (χ0v) is 12.5. The van der Waals surface area contributed by atoms with Crippen molar-refractivity contribution in [2.24, 2.45) is 0 Å². The lowest BCUT2D eigenvalue weighted by atomic mass is 10.0. The van der Waals surface area contributed by atoms with E-state index < -0.39 is 29.5 Å². The van der Waals surface area contributed by atoms with Crippen LogP contribution in [0.1, 0.15) is 6.42 Å². The van der Waals surface area contributed by atoms with Crippen LogP contribution in [0.5, 0.6) is 0 Å². The standard InChI is InChI=1S/C13H16N6O5/c14-11-3-1-2-8(15-11)9-6-18(17-16-9)5-7-4-10(19(22)23)12(20)13(21)24-7/h1-3,6-7,10,12-13,20-21H,4-5H2,(H2,14,15)/t7-,10?,12?,13+/m0/s1. The lowest BCUT2D eigenvalue weighted by molar-refractivity contribution is -0.551. The van der Waals surface area contributed by atoms with E-state index in [1.54, 1.807) is 24.4 Å². The van der Waals surface area contributed by atoms with Crippen molar-refractivity contribution >= 4 is 5.82 Å². The van der Waals surface area contributed by atoms with Crippen molar-refractivity contribution < 1.29 is 19.9 Å². The Labute approximate surface area is 135 Å². The van der Waals surface area contributed by atoms with Crippen LogP contribution in [0.15, 0.2) is 24.4 Å². The topological polar surface area (TPSA) is 162 Å². The van der Waals surface area contributed by atoms with Gasteiger partial charge >= 0.3 is 0 Å². The number of anilines is 1. The highest BCUT2D eigenvalue weighted by molar-refractivity contribution is 5.54. The Morgan fingerprint density at radius 1 is 1.42 bits per heavy atom. The van der Waals surface area contributed by atoms with Crippen LogP contribution in [0.2, 0.25) is 0 Å². The van der Waals surface area contributed by atoms with Gasteiger partial charge in [0.05, 0.1) is 24.5 Å². The van der Waals surface area contributed by atoms with Crippen LogP contribution in [0.3, 0.4) is 0 Å². The molecule has 0 amide bonds. The number of aliphatic hydroxyl groups is 2. The molecule has 24 heavy (non-hydrogen) atoms. The zero-order chi connectivity index (χ0) is 17.3. The number of hydrogen-bond acceptors (Lipinski definition) is 9. The molecule has 11 nitrogen and oxygen atoms in total. The summed E-state index contributed by atoms with van der Waals surface area (Å²) in [6.07, 6.45) is -2.29. The average molecular weight is 336 g/mol. The van der Waals surface area contributed by atoms with Crippen molar-refractivity contribution in [2.75, 3.05) is 5.73 Å². The van der Waals surface area contributed by atoms with Gasteiger partial charge in [-0.3, -0.25) is 10.1 Å². The fraction of sp³-hybridized carbons (Fsp3) is 0.462. The van der Waals surface area contributed by atoms with E-state index in [2.05, 4.69) is 15.3 Å². The summed E-state index contributed by atoms with van der Waals surface area (Å²) in [6, 6.07) is 3.82. The first-order valence-electron chi connectivity index (χ1n) is 7.22. The molecule has 2 aromatic rings. The van der Waals surface area contributed by atoms with Crippen molar-refractivity contribution in [3.8, 4) is 11.4 Å². The Hall–Kier alpha value is -2.63. The number of ether oxygens (including phenoxy) is 1. The molecule has 4 N–H and O–H groups in total. The van der Waals surface area contributed by atoms with Gasteiger partial charge in [0.2, 0.25) is 6.04 Å². The monoisotopic (exact) mass is 336 g/mol. The number of nitro groups is 1. The third kappa shape index (κ3) is 3.32. The molecule has 1 saturated heterocycles. The quantitative estimate of drug-likeness (QED) is 0.471. The summed E-state index contributed by atoms with van der Waals surface area (Å²) in [5.74, 6) is 0.351. The molecule has 0 saturated carbocycles. The third-order valence-electron chi connectivity index (χ3n) is 3.76. The van der Waals surface area contributed by atoms with Gasteiger partial charge in [0.1, 0.15) is 11.5 Å². The van der Waals surface area contributed by atoms with E-state index in [0.29, 0.717) is 17.2 Å². The molecule has 3 rings (SSSR count). The minimum atomic E-state index is -1.61. The van der Waals surface area contributed by atoms with Crippen molar-refractivity contribution in [3.63, 3.8) is 0 Å². The van der Waals surface area contributed by atoms with Gasteiger partial charge in [-0.2, -0.15) is 0 Å². The highest BCUT2D eigenvalue weighted by Crippen LogP contribution is 2.23. The summed E-state index contributed by atoms with van der Waals surface area (Å²) in [7, 11) is 0. The molecule has 2 aromatic heterocycles. The molecule has 0 spiro atoms. The Balaban J connectivity index is 1.71. The maximum Gasteiger partial charge on any atom is 0.246 e. The first kappa shape index (κ1) is 16.2. The van der Waals surface area contributed by atoms with Crippen LogP contribution in [0.4, 0.5) is 5.82 Å². The summed E-state index contributed by atoms with van der Waals surface area (Å²) >= 11 is 0. The van der Waals surface area contributed by atoms with Gasteiger partial charge in [0, 0.05) is 11.3 Å². The molecule has 1 aliphatic heterocycles. The Morgan fingerprint density at radius 3 is 2.92 bits per heavy atom. The van der Waals surface area contributed by atoms with E-state index in [9.17, 15) is 20.3 Å². The maximum atomic E-state index is 11.0. The van der Waals surface area contributed by atoms with E-state index in [0.717, 1.165) is 0 Å². The molecule has 2 unspecified atom stereocenters. The van der Waals surface area contributed by atoms with Gasteiger partial charge < -0.3 is 20.7 Å². The Bertz CT molecular complexity index is 737. The molecule has 1 fully saturated rings. The first-order valence-corrected chi connectivity index (χ1v) is 7.22. The summed E-state index contributed by atoms with van der Waals surface area (Å²) in [5.41, 5.74) is 6.66. The lowest BCUT2D eigenvalue weighted by Gasteiger charge is -2.32. The maximum absolute atomic E-state index is 11.0. The molecule has 1 aliphatic rings. The van der Waals surface area contributed by atoms with Gasteiger partial charge in [0.15, 0.2) is 12.4 Å². The number of aromatic nitrogens is 4. The molecule has 0 bridgehead atoms. The van der Waals surface area contributed by atoms with Crippen LogP contribution < -0.4 is 5.73 Å². The van der Waals surface area contributed by atoms with Crippen LogP contribution >= 0.6 is 0 Å². The predicted octanol–water partition coefficient (Wildman–Crippen LogP) is -0.964. The van der Waals surface area contributed by atoms with Crippen LogP contribution in [-0.2, 0) is 11.3 Å². The van der Waals surface area contributed by atoms with Crippen LogP contribution in [0, 0.1) is 10.1 Å². The second kappa shape index (κ2) is 6.47. The van der Waals surface area contributed by atoms with E-state index in [1.807, 2.05) is 0 Å². The summed E-state index contributed by atoms with van der Waals surface area (Å²) in [5, 5.41) is 38.1. The fourth-order valence-corrected chi connectivity index (χ4v) is 2.57. The summed E-state index contributed by atoms with van der Waals surface area (Å²) in [4.78, 5) is 14.5. The number of nitrogen functional groups attached to an aromatic ring is 1. The number of hydrogen-bond donors (Lipinski definition) is 3. The minimum absolute atomic E-state index is 0.0447. The smallest absolute Gasteiger partial charge is 0.246 e. The van der Waals surface area contributed by atoms with Crippen LogP contribution in [-0.4, -0.2) is 59.7 Å². The van der Waals surface area contributed by atoms with Gasteiger partial charge in [-0.15, -0.1) is 5.10 Å². The van der Waals surface area contributed by atoms with Crippen LogP contribution in [0.25, 0.3) is 11.4 Å². The second-order valence-corrected chi connectivity index (χ2v) is 5.50. The second-order valence-electron chi connectivity index (χ2n) is 5.50. The lowest BCUT2D eigenvalue weighted by Crippen LogP contribution is -2.52. The highest BCUT2D eigenvalue weighted by atomic mass is 16.6. The molecular weight excluding hydrogens is 320 g/mol. The molecule has 0 aliphatic carbocycles. The summed E-state index contributed by atoms with van der Waals surface area (Å²) < 4.78 is 6.63. The largest absolute Gasteiger partial charge is 0.384 e. The highest BCUT2D eigenvalue weighted by Gasteiger charge is 2.44. The molecule has 3 heterocycles. The van der Waals surface area contributed by atoms with Crippen molar-refractivity contribution in [1.29, 1.82) is 0 Å². The molecule has 128 valence electrons. The molecular formula is C13H16N6O5. The van der Waals surface area contributed by atoms with E-state index in [-0.39, 0.29) is 13.0 Å². The Morgan fingerprint density at radius 2 is 2.21 bits per heavy atom. The van der Waals surface area contributed by atoms with Gasteiger partial charge in [-0.25, -0.2) is 9.67 Å². The number of aliphatic hydroxyl groups excluding tert-OH is 2. The van der Waals surface area contributed by atoms with Crippen molar-refractivity contribution in [2.45, 2.75) is 37.5 Å². The van der Waals surface area contributed by atoms with Gasteiger partial charge in [-0.1, -0.05) is 11.3 Å². The summed E-state index contributed by atoms with van der Waals surface area (Å²) in [6.45, 7) is 0.142. The first-order chi connectivity index (χ1) is 11.4. The van der Waals surface area contributed by atoms with Gasteiger partial charge in [-0.05, 0) is 12.1 Å². The number of rotatable bonds is 4. The van der Waals surface area contributed by atoms with Gasteiger partial charge in [0.25, 0.3) is 0 Å². The third-order valence-corrected chi connectivity index (χ3v) is 3.76. The van der Waals surface area contributed by atoms with E-state index in [1.165, 1.54) is 4.68 Å². The van der Waals surface area contributed by atoms with E-state index >= 15 is 0 Å². The molecule has 0 aromatic carbocycles. The minimum Gasteiger partial charge on any atom is -0.384 e. The number of nitrogens with zero attached hydrogens (tertiary/aromatic N) is 5. The van der Waals surface area contributed by atoms with Crippen molar-refractivity contribution in [3.05, 3.63) is 34.5 Å². The Kier molecular flexibility index (Phi) is 4.38. The molecule has 11 heteroatoms. The SMILES string of the molecule is Nc1cccc(-c2cn(C[C@@H]3CC([N+](=O)[O-])C(O)[C@H](O)O3)nn2)n1. The predicted molar refractivity (Wildman–Crippen MR) is 80.0 cm³/mol. The van der Waals surface area contributed by atoms with E-state index in [4.69, 9.17) is 10.5 Å². The normalized spacial score (nSPS) is 27.1. The molecule has 0 radical (unpaired) electrons. The number of nitrogens with two attached hydrogens (primary N) is 1. The zero-order valence-electron chi connectivity index (χ0n) is 12.5. The average Bonchev–Trinajstić information content (AvgIpc) is 2.99. The van der Waals surface area contributed by atoms with Crippen molar-refractivity contribution in [1.82, 2.24) is 20.0 Å². The fourth-order valence-electron chi connectivity index (χ4n) is 2.57. The number of pyridine rings is 1.